The van der Waals surface area contributed by atoms with E-state index in [9.17, 15) is 9.59 Å². The third-order valence-electron chi connectivity index (χ3n) is 2.29. The van der Waals surface area contributed by atoms with E-state index in [-0.39, 0.29) is 18.0 Å². The van der Waals surface area contributed by atoms with Gasteiger partial charge in [-0.05, 0) is 53.7 Å². The molecule has 144 valence electrons. The van der Waals surface area contributed by atoms with Gasteiger partial charge in [-0.2, -0.15) is 0 Å². The van der Waals surface area contributed by atoms with Crippen LogP contribution in [0, 0.1) is 5.41 Å². The number of hydrogen-bond donors (Lipinski definition) is 3. The number of carbonyl (C=O) groups excluding carboxylic acids is 2. The molecule has 0 fully saturated rings. The highest BCUT2D eigenvalue weighted by Crippen LogP contribution is 2.14. The van der Waals surface area contributed by atoms with Crippen LogP contribution in [-0.2, 0) is 19.1 Å². The summed E-state index contributed by atoms with van der Waals surface area (Å²) in [6.07, 6.45) is -0.0662. The van der Waals surface area contributed by atoms with E-state index in [0.717, 1.165) is 0 Å². The zero-order valence-electron chi connectivity index (χ0n) is 15.9. The summed E-state index contributed by atoms with van der Waals surface area (Å²) in [6, 6.07) is 8.21. The molecule has 0 aromatic heterocycles. The van der Waals surface area contributed by atoms with Crippen molar-refractivity contribution in [1.82, 2.24) is 0 Å². The molecule has 7 heteroatoms. The molecule has 1 aromatic rings. The quantitative estimate of drug-likeness (QED) is 0.560. The van der Waals surface area contributed by atoms with E-state index in [1.165, 1.54) is 0 Å². The van der Waals surface area contributed by atoms with Crippen LogP contribution in [0.4, 0.5) is 0 Å². The third-order valence-corrected chi connectivity index (χ3v) is 2.29. The minimum Gasteiger partial charge on any atom is -0.508 e. The van der Waals surface area contributed by atoms with Crippen LogP contribution in [0.25, 0.3) is 0 Å². The van der Waals surface area contributed by atoms with E-state index in [0.29, 0.717) is 5.75 Å². The number of phenols is 1. The first-order valence-corrected chi connectivity index (χ1v) is 7.90. The van der Waals surface area contributed by atoms with Crippen molar-refractivity contribution in [2.75, 3.05) is 6.79 Å². The van der Waals surface area contributed by atoms with Crippen LogP contribution < -0.4 is 5.73 Å². The second-order valence-corrected chi connectivity index (χ2v) is 6.42. The van der Waals surface area contributed by atoms with Crippen molar-refractivity contribution in [2.45, 2.75) is 53.7 Å². The Labute approximate surface area is 149 Å². The van der Waals surface area contributed by atoms with E-state index in [1.807, 2.05) is 6.07 Å². The summed E-state index contributed by atoms with van der Waals surface area (Å²) in [6.45, 7) is 9.84. The fraction of sp³-hybridized carbons (Fsp3) is 0.556. The molecule has 0 spiro atoms. The first-order valence-electron chi connectivity index (χ1n) is 7.90. The van der Waals surface area contributed by atoms with Gasteiger partial charge >= 0.3 is 11.9 Å². The van der Waals surface area contributed by atoms with E-state index < -0.39 is 18.2 Å². The van der Waals surface area contributed by atoms with Crippen LogP contribution in [-0.4, -0.2) is 41.1 Å². The van der Waals surface area contributed by atoms with Crippen molar-refractivity contribution in [1.29, 1.82) is 0 Å². The number of ether oxygens (including phenoxy) is 2. The van der Waals surface area contributed by atoms with Gasteiger partial charge in [-0.15, -0.1) is 0 Å². The van der Waals surface area contributed by atoms with Gasteiger partial charge in [0.25, 0.3) is 0 Å². The van der Waals surface area contributed by atoms with Crippen molar-refractivity contribution in [3.8, 4) is 5.75 Å². The molecule has 4 N–H and O–H groups in total. The molecule has 1 aromatic carbocycles. The predicted octanol–water partition coefficient (Wildman–Crippen LogP) is 2.20. The number of aromatic hydroxyl groups is 1. The molecule has 0 saturated heterocycles. The van der Waals surface area contributed by atoms with Gasteiger partial charge < -0.3 is 25.4 Å². The second kappa shape index (κ2) is 13.2. The molecule has 25 heavy (non-hydrogen) atoms. The summed E-state index contributed by atoms with van der Waals surface area (Å²) in [5.41, 5.74) is 4.70. The Balaban J connectivity index is 0. The highest BCUT2D eigenvalue weighted by atomic mass is 16.6. The zero-order chi connectivity index (χ0) is 20.0. The number of phenolic OH excluding ortho intramolecular Hbond substituents is 1. The lowest BCUT2D eigenvalue weighted by molar-refractivity contribution is -0.161. The van der Waals surface area contributed by atoms with Crippen LogP contribution in [0.5, 0.6) is 5.75 Å². The fourth-order valence-electron chi connectivity index (χ4n) is 1.04. The van der Waals surface area contributed by atoms with Crippen LogP contribution in [0.3, 0.4) is 0 Å². The van der Waals surface area contributed by atoms with Crippen LogP contribution >= 0.6 is 0 Å². The van der Waals surface area contributed by atoms with Crippen molar-refractivity contribution in [3.63, 3.8) is 0 Å². The fourth-order valence-corrected chi connectivity index (χ4v) is 1.04. The summed E-state index contributed by atoms with van der Waals surface area (Å²) in [7, 11) is 0. The van der Waals surface area contributed by atoms with Gasteiger partial charge in [0.15, 0.2) is 6.79 Å². The molecular formula is C18H31NO6. The van der Waals surface area contributed by atoms with Crippen molar-refractivity contribution < 1.29 is 29.3 Å². The average Bonchev–Trinajstić information content (AvgIpc) is 2.48. The Bertz CT molecular complexity index is 480. The maximum Gasteiger partial charge on any atom is 0.322 e. The molecule has 0 aliphatic carbocycles. The Morgan fingerprint density at radius 3 is 1.76 bits per heavy atom. The molecule has 0 saturated carbocycles. The molecule has 1 rings (SSSR count). The Kier molecular flexibility index (Phi) is 13.3. The van der Waals surface area contributed by atoms with Gasteiger partial charge in [0.05, 0.1) is 11.5 Å². The number of carbonyl (C=O) groups is 2. The molecule has 0 aliphatic heterocycles. The molecule has 0 aliphatic rings. The number of rotatable bonds is 3. The zero-order valence-corrected chi connectivity index (χ0v) is 15.9. The van der Waals surface area contributed by atoms with Gasteiger partial charge in [-0.3, -0.25) is 9.59 Å². The summed E-state index contributed by atoms with van der Waals surface area (Å²) in [5, 5.41) is 16.8. The Morgan fingerprint density at radius 1 is 1.12 bits per heavy atom. The van der Waals surface area contributed by atoms with Crippen LogP contribution in [0.15, 0.2) is 30.3 Å². The summed E-state index contributed by atoms with van der Waals surface area (Å²) < 4.78 is 9.07. The first kappa shape index (κ1) is 25.1. The third kappa shape index (κ3) is 16.5. The number of aliphatic hydroxyl groups excluding tert-OH is 1. The lowest BCUT2D eigenvalue weighted by atomic mass is 9.98. The maximum absolute atomic E-state index is 10.7. The number of benzene rings is 1. The van der Waals surface area contributed by atoms with E-state index >= 15 is 0 Å². The van der Waals surface area contributed by atoms with Crippen molar-refractivity contribution in [2.24, 2.45) is 11.1 Å². The number of esters is 2. The molecule has 7 nitrogen and oxygen atoms in total. The monoisotopic (exact) mass is 357 g/mol. The highest BCUT2D eigenvalue weighted by molar-refractivity contribution is 5.75. The van der Waals surface area contributed by atoms with E-state index in [2.05, 4.69) is 4.74 Å². The lowest BCUT2D eigenvalue weighted by Crippen LogP contribution is -2.30. The van der Waals surface area contributed by atoms with E-state index in [1.54, 1.807) is 65.8 Å². The molecule has 1 atom stereocenters. The topological polar surface area (TPSA) is 119 Å². The standard InChI is InChI=1S/C6H13NO2.C6H12O3.C6H6O/c1-4(2)9-6(8)5(3)7;1-6(2,3)5(8)9-4-7;7-6-4-2-1-3-5-6/h4-5H,7H2,1-3H3;7H,4H2,1-3H3;1-5,7H. The van der Waals surface area contributed by atoms with Crippen molar-refractivity contribution in [3.05, 3.63) is 30.3 Å². The lowest BCUT2D eigenvalue weighted by Gasteiger charge is -2.14. The Morgan fingerprint density at radius 2 is 1.60 bits per heavy atom. The molecule has 0 radical (unpaired) electrons. The first-order chi connectivity index (χ1) is 11.4. The van der Waals surface area contributed by atoms with Gasteiger partial charge in [0.1, 0.15) is 11.8 Å². The van der Waals surface area contributed by atoms with Crippen LogP contribution in [0.1, 0.15) is 41.5 Å². The van der Waals surface area contributed by atoms with Gasteiger partial charge in [0.2, 0.25) is 0 Å². The molecule has 1 unspecified atom stereocenters. The second-order valence-electron chi connectivity index (χ2n) is 6.42. The van der Waals surface area contributed by atoms with E-state index in [4.69, 9.17) is 20.7 Å². The van der Waals surface area contributed by atoms with Gasteiger partial charge in [-0.25, -0.2) is 0 Å². The number of aliphatic hydroxyl groups is 1. The molecular weight excluding hydrogens is 326 g/mol. The minimum atomic E-state index is -0.532. The number of nitrogens with two attached hydrogens (primary N) is 1. The van der Waals surface area contributed by atoms with Crippen LogP contribution in [0.2, 0.25) is 0 Å². The molecule has 0 bridgehead atoms. The predicted molar refractivity (Wildman–Crippen MR) is 95.6 cm³/mol. The SMILES string of the molecule is CC(C)(C)C(=O)OCO.CC(C)OC(=O)C(C)N.Oc1ccccc1. The van der Waals surface area contributed by atoms with Gasteiger partial charge in [0, 0.05) is 0 Å². The Hall–Kier alpha value is -2.12. The summed E-state index contributed by atoms with van der Waals surface area (Å²) in [4.78, 5) is 21.3. The average molecular weight is 357 g/mol. The molecule has 0 heterocycles. The smallest absolute Gasteiger partial charge is 0.322 e. The summed E-state index contributed by atoms with van der Waals surface area (Å²) >= 11 is 0. The number of hydrogen-bond acceptors (Lipinski definition) is 7. The highest BCUT2D eigenvalue weighted by Gasteiger charge is 2.22. The normalized spacial score (nSPS) is 11.2. The number of para-hydroxylation sites is 1. The van der Waals surface area contributed by atoms with Crippen molar-refractivity contribution >= 4 is 11.9 Å². The van der Waals surface area contributed by atoms with Gasteiger partial charge in [-0.1, -0.05) is 18.2 Å². The maximum atomic E-state index is 10.7. The molecule has 0 amide bonds. The summed E-state index contributed by atoms with van der Waals surface area (Å²) in [5.74, 6) is -0.405. The largest absolute Gasteiger partial charge is 0.508 e. The minimum absolute atomic E-state index is 0.0662.